The van der Waals surface area contributed by atoms with Gasteiger partial charge in [-0.15, -0.1) is 0 Å². The molecule has 0 saturated heterocycles. The molecule has 0 heterocycles. The van der Waals surface area contributed by atoms with E-state index < -0.39 is 0 Å². The zero-order valence-corrected chi connectivity index (χ0v) is 9.70. The summed E-state index contributed by atoms with van der Waals surface area (Å²) in [6, 6.07) is 0.0358. The molecule has 2 fully saturated rings. The lowest BCUT2D eigenvalue weighted by atomic mass is 9.83. The average Bonchev–Trinajstić information content (AvgIpc) is 3.03. The van der Waals surface area contributed by atoms with Gasteiger partial charge in [-0.1, -0.05) is 44.9 Å². The van der Waals surface area contributed by atoms with E-state index in [0.717, 1.165) is 24.7 Å². The topological polar surface area (TPSA) is 46.2 Å². The number of hydrogen-bond acceptors (Lipinski definition) is 2. The van der Waals surface area contributed by atoms with Gasteiger partial charge in [0.1, 0.15) is 0 Å². The largest absolute Gasteiger partial charge is 0.392 e. The van der Waals surface area contributed by atoms with Crippen molar-refractivity contribution in [2.75, 3.05) is 0 Å². The molecule has 88 valence electrons. The Morgan fingerprint density at radius 3 is 2.13 bits per heavy atom. The molecule has 0 aromatic heterocycles. The first-order valence-electron chi connectivity index (χ1n) is 6.69. The zero-order chi connectivity index (χ0) is 10.7. The molecule has 0 aromatic carbocycles. The third-order valence-corrected chi connectivity index (χ3v) is 4.10. The van der Waals surface area contributed by atoms with Crippen molar-refractivity contribution in [2.24, 2.45) is 17.6 Å². The van der Waals surface area contributed by atoms with Crippen molar-refractivity contribution >= 4 is 0 Å². The molecule has 3 N–H and O–H groups in total. The Balaban J connectivity index is 1.66. The molecule has 15 heavy (non-hydrogen) atoms. The monoisotopic (exact) mass is 211 g/mol. The molecule has 2 aliphatic rings. The second-order valence-electron chi connectivity index (χ2n) is 5.65. The van der Waals surface area contributed by atoms with Crippen molar-refractivity contribution in [3.63, 3.8) is 0 Å². The van der Waals surface area contributed by atoms with Crippen LogP contribution in [-0.2, 0) is 0 Å². The van der Waals surface area contributed by atoms with E-state index >= 15 is 0 Å². The normalized spacial score (nSPS) is 27.6. The fraction of sp³-hybridized carbons (Fsp3) is 1.00. The second-order valence-corrected chi connectivity index (χ2v) is 5.65. The number of rotatable bonds is 5. The molecule has 2 aliphatic carbocycles. The molecular formula is C13H25NO. The Morgan fingerprint density at radius 2 is 1.53 bits per heavy atom. The van der Waals surface area contributed by atoms with Crippen LogP contribution >= 0.6 is 0 Å². The highest BCUT2D eigenvalue weighted by molar-refractivity contribution is 4.83. The van der Waals surface area contributed by atoms with Gasteiger partial charge in [0, 0.05) is 6.04 Å². The van der Waals surface area contributed by atoms with Crippen LogP contribution in [0, 0.1) is 11.8 Å². The van der Waals surface area contributed by atoms with Gasteiger partial charge in [-0.05, 0) is 24.7 Å². The molecule has 2 rings (SSSR count). The first-order chi connectivity index (χ1) is 7.25. The van der Waals surface area contributed by atoms with Crippen LogP contribution in [0.25, 0.3) is 0 Å². The van der Waals surface area contributed by atoms with Crippen LogP contribution in [0.3, 0.4) is 0 Å². The molecule has 2 saturated carbocycles. The fourth-order valence-corrected chi connectivity index (χ4v) is 2.83. The van der Waals surface area contributed by atoms with Crippen LogP contribution in [-0.4, -0.2) is 17.3 Å². The van der Waals surface area contributed by atoms with Gasteiger partial charge in [0.2, 0.25) is 0 Å². The summed E-state index contributed by atoms with van der Waals surface area (Å²) in [7, 11) is 0. The van der Waals surface area contributed by atoms with Gasteiger partial charge in [0.15, 0.2) is 0 Å². The summed E-state index contributed by atoms with van der Waals surface area (Å²) in [5.41, 5.74) is 6.07. The first kappa shape index (κ1) is 11.4. The van der Waals surface area contributed by atoms with E-state index in [2.05, 4.69) is 0 Å². The van der Waals surface area contributed by atoms with Crippen molar-refractivity contribution in [1.82, 2.24) is 0 Å². The number of nitrogens with two attached hydrogens (primary N) is 1. The predicted molar refractivity (Wildman–Crippen MR) is 62.5 cm³/mol. The van der Waals surface area contributed by atoms with E-state index in [9.17, 15) is 5.11 Å². The maximum absolute atomic E-state index is 9.93. The first-order valence-corrected chi connectivity index (χ1v) is 6.69. The minimum atomic E-state index is -0.237. The maximum Gasteiger partial charge on any atom is 0.0693 e. The third-order valence-electron chi connectivity index (χ3n) is 4.10. The molecule has 0 spiro atoms. The molecule has 2 unspecified atom stereocenters. The van der Waals surface area contributed by atoms with Crippen LogP contribution < -0.4 is 5.73 Å². The number of hydrogen-bond donors (Lipinski definition) is 2. The van der Waals surface area contributed by atoms with E-state index in [-0.39, 0.29) is 12.1 Å². The molecule has 0 aliphatic heterocycles. The van der Waals surface area contributed by atoms with Crippen molar-refractivity contribution in [2.45, 2.75) is 69.9 Å². The highest BCUT2D eigenvalue weighted by Crippen LogP contribution is 2.35. The summed E-state index contributed by atoms with van der Waals surface area (Å²) in [6.07, 6.45) is 11.2. The number of aliphatic hydroxyl groups excluding tert-OH is 1. The molecule has 0 amide bonds. The van der Waals surface area contributed by atoms with Crippen molar-refractivity contribution in [3.05, 3.63) is 0 Å². The lowest BCUT2D eigenvalue weighted by molar-refractivity contribution is 0.112. The Labute approximate surface area is 93.2 Å². The van der Waals surface area contributed by atoms with E-state index in [0.29, 0.717) is 0 Å². The molecular weight excluding hydrogens is 186 g/mol. The van der Waals surface area contributed by atoms with Gasteiger partial charge in [-0.2, -0.15) is 0 Å². The van der Waals surface area contributed by atoms with Crippen LogP contribution in [0.4, 0.5) is 0 Å². The quantitative estimate of drug-likeness (QED) is 0.733. The SMILES string of the molecule is NC(CC1CCCCC1)C(O)CC1CC1. The lowest BCUT2D eigenvalue weighted by Crippen LogP contribution is -2.37. The number of aliphatic hydroxyl groups is 1. The van der Waals surface area contributed by atoms with E-state index in [1.165, 1.54) is 44.9 Å². The minimum absolute atomic E-state index is 0.0358. The highest BCUT2D eigenvalue weighted by Gasteiger charge is 2.28. The van der Waals surface area contributed by atoms with Crippen LogP contribution in [0.2, 0.25) is 0 Å². The van der Waals surface area contributed by atoms with Crippen LogP contribution in [0.15, 0.2) is 0 Å². The van der Waals surface area contributed by atoms with Gasteiger partial charge in [0.25, 0.3) is 0 Å². The standard InChI is InChI=1S/C13H25NO/c14-12(13(15)9-11-6-7-11)8-10-4-2-1-3-5-10/h10-13,15H,1-9,14H2. The van der Waals surface area contributed by atoms with Crippen LogP contribution in [0.1, 0.15) is 57.8 Å². The van der Waals surface area contributed by atoms with Crippen molar-refractivity contribution in [3.8, 4) is 0 Å². The summed E-state index contributed by atoms with van der Waals surface area (Å²) in [5, 5.41) is 9.93. The zero-order valence-electron chi connectivity index (χ0n) is 9.70. The Kier molecular flexibility index (Phi) is 4.04. The average molecular weight is 211 g/mol. The maximum atomic E-state index is 9.93. The lowest BCUT2D eigenvalue weighted by Gasteiger charge is -2.27. The van der Waals surface area contributed by atoms with Gasteiger partial charge < -0.3 is 10.8 Å². The fourth-order valence-electron chi connectivity index (χ4n) is 2.83. The minimum Gasteiger partial charge on any atom is -0.392 e. The summed E-state index contributed by atoms with van der Waals surface area (Å²) >= 11 is 0. The summed E-state index contributed by atoms with van der Waals surface area (Å²) in [5.74, 6) is 1.58. The summed E-state index contributed by atoms with van der Waals surface area (Å²) in [4.78, 5) is 0. The van der Waals surface area contributed by atoms with E-state index in [1.807, 2.05) is 0 Å². The summed E-state index contributed by atoms with van der Waals surface area (Å²) < 4.78 is 0. The summed E-state index contributed by atoms with van der Waals surface area (Å²) in [6.45, 7) is 0. The van der Waals surface area contributed by atoms with Crippen molar-refractivity contribution in [1.29, 1.82) is 0 Å². The van der Waals surface area contributed by atoms with Gasteiger partial charge in [-0.25, -0.2) is 0 Å². The van der Waals surface area contributed by atoms with Crippen LogP contribution in [0.5, 0.6) is 0 Å². The van der Waals surface area contributed by atoms with Crippen molar-refractivity contribution < 1.29 is 5.11 Å². The van der Waals surface area contributed by atoms with Gasteiger partial charge >= 0.3 is 0 Å². The Bertz CT molecular complexity index is 185. The third kappa shape index (κ3) is 3.76. The highest BCUT2D eigenvalue weighted by atomic mass is 16.3. The molecule has 0 radical (unpaired) electrons. The molecule has 2 nitrogen and oxygen atoms in total. The Morgan fingerprint density at radius 1 is 0.933 bits per heavy atom. The van der Waals surface area contributed by atoms with E-state index in [1.54, 1.807) is 0 Å². The second kappa shape index (κ2) is 5.31. The molecule has 0 aromatic rings. The van der Waals surface area contributed by atoms with Gasteiger partial charge in [-0.3, -0.25) is 0 Å². The smallest absolute Gasteiger partial charge is 0.0693 e. The molecule has 2 heteroatoms. The van der Waals surface area contributed by atoms with E-state index in [4.69, 9.17) is 5.73 Å². The molecule has 2 atom stereocenters. The molecule has 0 bridgehead atoms. The predicted octanol–water partition coefficient (Wildman–Crippen LogP) is 2.45. The van der Waals surface area contributed by atoms with Gasteiger partial charge in [0.05, 0.1) is 6.10 Å². The Hall–Kier alpha value is -0.0800.